The van der Waals surface area contributed by atoms with Crippen molar-refractivity contribution in [1.82, 2.24) is 20.2 Å². The normalized spacial score (nSPS) is 16.5. The standard InChI is InChI=1S/C42H66BF2N7O9S.C2HF3O2/c1-7-8-9-10-12-16-33-28-34(50-37(33)29-36-32(17-15-26-52(4,5)6)27-31(2)49(36)43(50,44)45)19-20-38(53)47-35(30-62(58,59)60)42(57)46-23-25-48(3)24-14-11-13-18-41(56)61-51-39(54)21-22-40(51)55;3-2(4,5)1(6)7/h27-29,35H,7-26,30H2,1-6H3,(H2-,46,47,53,57,58,59,60);(H,6,7). The van der Waals surface area contributed by atoms with Gasteiger partial charge in [-0.15, -0.1) is 5.06 Å². The van der Waals surface area contributed by atoms with Gasteiger partial charge < -0.3 is 56.9 Å². The summed E-state index contributed by atoms with van der Waals surface area (Å²) in [6, 6.07) is 0.156. The quantitative estimate of drug-likeness (QED) is 0.0287. The minimum absolute atomic E-state index is 0.0195. The highest BCUT2D eigenvalue weighted by Crippen LogP contribution is 2.39. The van der Waals surface area contributed by atoms with E-state index in [2.05, 4.69) is 38.7 Å². The number of carbonyl (C=O) groups is 6. The van der Waals surface area contributed by atoms with E-state index in [0.29, 0.717) is 67.3 Å². The number of nitrogens with zero attached hydrogens (tertiary/aromatic N) is 4. The van der Waals surface area contributed by atoms with Crippen LogP contribution in [0.3, 0.4) is 0 Å². The number of hydroxylamine groups is 2. The molecule has 69 heavy (non-hydrogen) atoms. The summed E-state index contributed by atoms with van der Waals surface area (Å²) in [6.45, 7) is 1.55. The van der Waals surface area contributed by atoms with Gasteiger partial charge in [0.25, 0.3) is 11.8 Å². The summed E-state index contributed by atoms with van der Waals surface area (Å²) in [4.78, 5) is 76.3. The fourth-order valence-electron chi connectivity index (χ4n) is 8.22. The Morgan fingerprint density at radius 1 is 0.928 bits per heavy atom. The molecule has 1 aromatic heterocycles. The van der Waals surface area contributed by atoms with Crippen LogP contribution in [0.1, 0.15) is 120 Å². The number of imide groups is 1. The summed E-state index contributed by atoms with van der Waals surface area (Å²) in [7, 11) is 3.22. The summed E-state index contributed by atoms with van der Waals surface area (Å²) >= 11 is 0. The van der Waals surface area contributed by atoms with Crippen LogP contribution in [-0.2, 0) is 50.1 Å². The first kappa shape index (κ1) is 58.3. The van der Waals surface area contributed by atoms with Gasteiger partial charge in [-0.1, -0.05) is 32.6 Å². The molecule has 3 N–H and O–H groups in total. The molecule has 1 fully saturated rings. The fourth-order valence-corrected chi connectivity index (χ4v) is 8.86. The zero-order valence-corrected chi connectivity index (χ0v) is 41.1. The van der Waals surface area contributed by atoms with Crippen LogP contribution in [0, 0.1) is 6.92 Å². The van der Waals surface area contributed by atoms with Crippen molar-refractivity contribution in [3.05, 3.63) is 40.4 Å². The number of nitrogens with one attached hydrogen (secondary N) is 3. The molecule has 0 bridgehead atoms. The first-order chi connectivity index (χ1) is 32.0. The molecule has 388 valence electrons. The third-order valence-corrected chi connectivity index (χ3v) is 12.4. The Labute approximate surface area is 400 Å². The Kier molecular flexibility index (Phi) is 21.7. The molecule has 0 radical (unpaired) electrons. The Hall–Kier alpha value is -5.01. The third kappa shape index (κ3) is 18.7. The maximum Gasteiger partial charge on any atom is 0.737 e. The average molecular weight is 1010 g/mol. The van der Waals surface area contributed by atoms with Crippen molar-refractivity contribution in [1.29, 1.82) is 0 Å². The molecule has 2 atom stereocenters. The van der Waals surface area contributed by atoms with Crippen LogP contribution >= 0.6 is 0 Å². The Morgan fingerprint density at radius 3 is 2.14 bits per heavy atom. The molecule has 0 saturated carbocycles. The number of rotatable bonds is 27. The lowest BCUT2D eigenvalue weighted by molar-refractivity contribution is -0.878. The zero-order chi connectivity index (χ0) is 51.9. The second-order valence-electron chi connectivity index (χ2n) is 18.7. The van der Waals surface area contributed by atoms with Gasteiger partial charge in [0.2, 0.25) is 11.8 Å². The number of fused-ring (bicyclic) bond motifs is 2. The smallest absolute Gasteiger partial charge is 0.737 e. The van der Waals surface area contributed by atoms with Crippen LogP contribution in [0.15, 0.2) is 23.4 Å². The van der Waals surface area contributed by atoms with Crippen LogP contribution in [0.5, 0.6) is 0 Å². The first-order valence-corrected chi connectivity index (χ1v) is 24.9. The molecule has 4 rings (SSSR count). The monoisotopic (exact) mass is 1010 g/mol. The van der Waals surface area contributed by atoms with E-state index < -0.39 is 70.6 Å². The highest BCUT2D eigenvalue weighted by atomic mass is 32.2. The molecule has 3 aliphatic rings. The van der Waals surface area contributed by atoms with Crippen molar-refractivity contribution in [3.63, 3.8) is 0 Å². The van der Waals surface area contributed by atoms with E-state index in [1.165, 1.54) is 0 Å². The minimum Gasteiger partial charge on any atom is -0.748 e. The second-order valence-corrected chi connectivity index (χ2v) is 20.2. The lowest BCUT2D eigenvalue weighted by Crippen LogP contribution is -3.09. The maximum absolute atomic E-state index is 16.8. The van der Waals surface area contributed by atoms with Gasteiger partial charge >= 0.3 is 19.1 Å². The van der Waals surface area contributed by atoms with Crippen molar-refractivity contribution in [2.75, 3.05) is 60.1 Å². The molecule has 4 heterocycles. The summed E-state index contributed by atoms with van der Waals surface area (Å²) in [6.07, 6.45) is 6.96. The predicted octanol–water partition coefficient (Wildman–Crippen LogP) is 1.67. The van der Waals surface area contributed by atoms with E-state index in [4.69, 9.17) is 14.7 Å². The van der Waals surface area contributed by atoms with E-state index in [1.54, 1.807) is 13.0 Å². The fraction of sp³-hybridized carbons (Fsp3) is 0.659. The van der Waals surface area contributed by atoms with Gasteiger partial charge in [0.1, 0.15) is 17.7 Å². The first-order valence-electron chi connectivity index (χ1n) is 23.3. The number of carboxylic acids is 1. The van der Waals surface area contributed by atoms with Crippen molar-refractivity contribution < 1.29 is 87.4 Å². The molecule has 0 spiro atoms. The average Bonchev–Trinajstić information content (AvgIpc) is 3.87. The van der Waals surface area contributed by atoms with Gasteiger partial charge in [0.05, 0.1) is 70.2 Å². The molecule has 4 amide bonds. The van der Waals surface area contributed by atoms with Crippen LogP contribution in [0.2, 0.25) is 0 Å². The van der Waals surface area contributed by atoms with Crippen LogP contribution in [-0.4, -0.2) is 152 Å². The van der Waals surface area contributed by atoms with Crippen LogP contribution < -0.4 is 20.6 Å². The molecule has 3 aliphatic heterocycles. The highest BCUT2D eigenvalue weighted by Gasteiger charge is 2.54. The van der Waals surface area contributed by atoms with Crippen molar-refractivity contribution in [2.24, 2.45) is 0 Å². The highest BCUT2D eigenvalue weighted by molar-refractivity contribution is 7.85. The number of aromatic nitrogens is 1. The van der Waals surface area contributed by atoms with Gasteiger partial charge in [0, 0.05) is 61.9 Å². The molecule has 0 aliphatic carbocycles. The second kappa shape index (κ2) is 25.7. The SMILES string of the molecule is CCCCCCCC1=CC(CCC(=O)NC(CS(=O)(=O)[O-])C(=O)NCC[NH+](C)CCCCCC(=O)ON2C(=O)CCC2=O)=[N+]2C1=Cc1c(CCC[N+](C)(C)C)cc(C)n1[B-]2(F)F.O=C([O-])C(F)(F)F. The number of hydrogen-bond acceptors (Lipinski definition) is 11. The Morgan fingerprint density at radius 2 is 1.55 bits per heavy atom. The van der Waals surface area contributed by atoms with Gasteiger partial charge in [-0.05, 0) is 62.8 Å². The number of carboxylic acid groups (broad SMARTS) is 1. The summed E-state index contributed by atoms with van der Waals surface area (Å²) in [5.41, 5.74) is 3.28. The number of halogens is 5. The lowest BCUT2D eigenvalue weighted by Gasteiger charge is -2.31. The third-order valence-electron chi connectivity index (χ3n) is 11.7. The number of allylic oxidation sites excluding steroid dienone is 2. The number of aliphatic carboxylic acids is 1. The topological polar surface area (TPSA) is 232 Å². The predicted molar refractivity (Wildman–Crippen MR) is 241 cm³/mol. The number of amides is 4. The summed E-state index contributed by atoms with van der Waals surface area (Å²) in [5.74, 6) is -7.55. The van der Waals surface area contributed by atoms with E-state index >= 15 is 8.63 Å². The number of likely N-dealkylation sites (N-methyl/N-ethyl adjacent to an activating group) is 1. The van der Waals surface area contributed by atoms with Gasteiger partial charge in [0.15, 0.2) is 5.70 Å². The molecule has 2 unspecified atom stereocenters. The number of carbonyl (C=O) groups excluding carboxylic acids is 6. The lowest BCUT2D eigenvalue weighted by atomic mass is 9.88. The Bertz CT molecular complexity index is 2230. The van der Waals surface area contributed by atoms with Gasteiger partial charge in [-0.25, -0.2) is 13.2 Å². The van der Waals surface area contributed by atoms with E-state index in [0.717, 1.165) is 74.6 Å². The molecule has 25 heteroatoms. The molecule has 1 saturated heterocycles. The van der Waals surface area contributed by atoms with Crippen molar-refractivity contribution in [3.8, 4) is 0 Å². The summed E-state index contributed by atoms with van der Waals surface area (Å²) in [5, 5.41) is 14.3. The van der Waals surface area contributed by atoms with Crippen LogP contribution in [0.4, 0.5) is 21.8 Å². The van der Waals surface area contributed by atoms with Gasteiger partial charge in [-0.3, -0.25) is 19.2 Å². The van der Waals surface area contributed by atoms with Crippen molar-refractivity contribution in [2.45, 2.75) is 129 Å². The number of unbranched alkanes of at least 4 members (excludes halogenated alkanes) is 6. The van der Waals surface area contributed by atoms with E-state index in [-0.39, 0.29) is 44.4 Å². The zero-order valence-electron chi connectivity index (χ0n) is 40.3. The number of alkyl halides is 3. The van der Waals surface area contributed by atoms with E-state index in [9.17, 15) is 50.1 Å². The molecular formula is C44H67BF5N7O11S. The number of quaternary nitrogens is 2. The minimum atomic E-state index is -5.19. The molecule has 1 aromatic rings. The largest absolute Gasteiger partial charge is 0.748 e. The maximum atomic E-state index is 16.8. The number of aryl methyl sites for hydroxylation is 2. The molecule has 18 nitrogen and oxygen atoms in total. The van der Waals surface area contributed by atoms with Gasteiger partial charge in [-0.2, -0.15) is 13.2 Å². The number of hydrogen-bond donors (Lipinski definition) is 3. The summed E-state index contributed by atoms with van der Waals surface area (Å²) < 4.78 is 104. The Balaban J connectivity index is 0.00000167. The van der Waals surface area contributed by atoms with Crippen molar-refractivity contribution >= 4 is 64.4 Å². The molecular weight excluding hydrogens is 940 g/mol. The molecule has 0 aromatic carbocycles. The van der Waals surface area contributed by atoms with Crippen LogP contribution in [0.25, 0.3) is 6.08 Å². The van der Waals surface area contributed by atoms with E-state index in [1.807, 2.05) is 19.2 Å².